The second-order valence-electron chi connectivity index (χ2n) is 4.20. The lowest BCUT2D eigenvalue weighted by atomic mass is 10.1. The molecule has 11 heteroatoms. The van der Waals surface area contributed by atoms with Gasteiger partial charge < -0.3 is 24.7 Å². The molecule has 0 aliphatic carbocycles. The minimum absolute atomic E-state index is 0.0613. The Kier molecular flexibility index (Phi) is 7.39. The molecule has 5 N–H and O–H groups in total. The normalized spacial score (nSPS) is 14.6. The van der Waals surface area contributed by atoms with Crippen LogP contribution in [0, 0.1) is 0 Å². The number of rotatable bonds is 9. The van der Waals surface area contributed by atoms with Gasteiger partial charge in [-0.05, 0) is 12.8 Å². The van der Waals surface area contributed by atoms with E-state index in [0.29, 0.717) is 6.42 Å². The van der Waals surface area contributed by atoms with Crippen LogP contribution >= 0.6 is 15.2 Å². The minimum atomic E-state index is -4.49. The minimum Gasteiger partial charge on any atom is -0.481 e. The Labute approximate surface area is 110 Å². The molecule has 19 heavy (non-hydrogen) atoms. The third-order valence-electron chi connectivity index (χ3n) is 2.41. The van der Waals surface area contributed by atoms with Crippen LogP contribution in [0.15, 0.2) is 0 Å². The van der Waals surface area contributed by atoms with Crippen LogP contribution in [0.2, 0.25) is 0 Å². The summed E-state index contributed by atoms with van der Waals surface area (Å²) in [7, 11) is -8.97. The predicted octanol–water partition coefficient (Wildman–Crippen LogP) is 0.202. The first kappa shape index (κ1) is 18.7. The van der Waals surface area contributed by atoms with Crippen LogP contribution in [0.3, 0.4) is 0 Å². The summed E-state index contributed by atoms with van der Waals surface area (Å²) in [5.74, 6) is -1.08. The molecule has 0 aromatic heterocycles. The highest BCUT2D eigenvalue weighted by molar-refractivity contribution is 7.52. The fourth-order valence-corrected chi connectivity index (χ4v) is 3.45. The van der Waals surface area contributed by atoms with Crippen LogP contribution in [0.1, 0.15) is 26.2 Å². The molecule has 1 atom stereocenters. The Morgan fingerprint density at radius 2 is 1.53 bits per heavy atom. The molecule has 0 fully saturated rings. The zero-order valence-corrected chi connectivity index (χ0v) is 12.2. The van der Waals surface area contributed by atoms with E-state index in [1.165, 1.54) is 0 Å². The Morgan fingerprint density at radius 1 is 1.11 bits per heavy atom. The fourth-order valence-electron chi connectivity index (χ4n) is 1.68. The van der Waals surface area contributed by atoms with Crippen molar-refractivity contribution in [2.75, 3.05) is 12.6 Å². The monoisotopic (exact) mass is 319 g/mol. The van der Waals surface area contributed by atoms with Gasteiger partial charge in [0.05, 0.1) is 0 Å². The van der Waals surface area contributed by atoms with E-state index >= 15 is 0 Å². The van der Waals surface area contributed by atoms with Crippen LogP contribution in [0.4, 0.5) is 0 Å². The van der Waals surface area contributed by atoms with E-state index in [1.807, 2.05) is 0 Å². The second kappa shape index (κ2) is 7.50. The van der Waals surface area contributed by atoms with Crippen molar-refractivity contribution >= 4 is 21.2 Å². The highest BCUT2D eigenvalue weighted by Gasteiger charge is 2.30. The molecule has 0 saturated heterocycles. The summed E-state index contributed by atoms with van der Waals surface area (Å²) in [6, 6.07) is -0.614. The molecule has 0 amide bonds. The van der Waals surface area contributed by atoms with Crippen molar-refractivity contribution in [3.63, 3.8) is 0 Å². The van der Waals surface area contributed by atoms with Gasteiger partial charge in [-0.15, -0.1) is 0 Å². The number of aliphatic carboxylic acids is 1. The van der Waals surface area contributed by atoms with Crippen LogP contribution in [-0.4, -0.2) is 54.2 Å². The van der Waals surface area contributed by atoms with E-state index in [9.17, 15) is 13.9 Å². The first-order valence-corrected chi connectivity index (χ1v) is 9.09. The highest BCUT2D eigenvalue weighted by atomic mass is 31.2. The Balaban J connectivity index is 4.90. The average Bonchev–Trinajstić information content (AvgIpc) is 2.12. The Bertz CT molecular complexity index is 364. The summed E-state index contributed by atoms with van der Waals surface area (Å²) < 4.78 is 21.9. The molecule has 0 heterocycles. The average molecular weight is 319 g/mol. The molecule has 0 aromatic carbocycles. The molecule has 0 aliphatic rings. The van der Waals surface area contributed by atoms with E-state index in [-0.39, 0.29) is 12.8 Å². The summed E-state index contributed by atoms with van der Waals surface area (Å²) in [4.78, 5) is 47.1. The second-order valence-corrected chi connectivity index (χ2v) is 7.42. The van der Waals surface area contributed by atoms with Gasteiger partial charge in [0.25, 0.3) is 0 Å². The third-order valence-corrected chi connectivity index (χ3v) is 3.87. The van der Waals surface area contributed by atoms with Gasteiger partial charge in [0.1, 0.15) is 12.6 Å². The van der Waals surface area contributed by atoms with Crippen LogP contribution < -0.4 is 0 Å². The van der Waals surface area contributed by atoms with Gasteiger partial charge in [0, 0.05) is 12.5 Å². The van der Waals surface area contributed by atoms with Crippen molar-refractivity contribution in [2.45, 2.75) is 32.2 Å². The van der Waals surface area contributed by atoms with Gasteiger partial charge in [-0.3, -0.25) is 18.8 Å². The molecule has 9 nitrogen and oxygen atoms in total. The number of hydrogen-bond donors (Lipinski definition) is 5. The topological polar surface area (TPSA) is 156 Å². The van der Waals surface area contributed by atoms with Crippen molar-refractivity contribution in [1.82, 2.24) is 4.90 Å². The Morgan fingerprint density at radius 3 is 1.79 bits per heavy atom. The summed E-state index contributed by atoms with van der Waals surface area (Å²) in [6.45, 7) is 1.65. The molecule has 0 radical (unpaired) electrons. The number of hydrogen-bond acceptors (Lipinski definition) is 4. The summed E-state index contributed by atoms with van der Waals surface area (Å²) in [6.07, 6.45) is -1.47. The quantitative estimate of drug-likeness (QED) is 0.375. The molecule has 0 saturated carbocycles. The maximum Gasteiger partial charge on any atom is 0.339 e. The van der Waals surface area contributed by atoms with E-state index in [4.69, 9.17) is 24.7 Å². The summed E-state index contributed by atoms with van der Waals surface area (Å²) in [5, 5.41) is 8.58. The SMILES string of the molecule is CCC(CCC(=O)O)N(CP(=O)(O)O)CP(=O)(O)O. The maximum atomic E-state index is 11.0. The molecule has 0 aromatic rings. The first-order valence-electron chi connectivity index (χ1n) is 5.49. The highest BCUT2D eigenvalue weighted by Crippen LogP contribution is 2.42. The zero-order chi connectivity index (χ0) is 15.3. The van der Waals surface area contributed by atoms with Crippen LogP contribution in [0.5, 0.6) is 0 Å². The van der Waals surface area contributed by atoms with E-state index < -0.39 is 39.8 Å². The number of nitrogens with zero attached hydrogens (tertiary/aromatic N) is 1. The van der Waals surface area contributed by atoms with E-state index in [0.717, 1.165) is 4.90 Å². The van der Waals surface area contributed by atoms with Crippen molar-refractivity contribution in [2.24, 2.45) is 0 Å². The van der Waals surface area contributed by atoms with Gasteiger partial charge in [0.15, 0.2) is 0 Å². The van der Waals surface area contributed by atoms with Gasteiger partial charge in [-0.25, -0.2) is 0 Å². The van der Waals surface area contributed by atoms with Gasteiger partial charge in [0.2, 0.25) is 0 Å². The van der Waals surface area contributed by atoms with Gasteiger partial charge in [-0.1, -0.05) is 6.92 Å². The Hall–Kier alpha value is -0.270. The van der Waals surface area contributed by atoms with Gasteiger partial charge in [-0.2, -0.15) is 0 Å². The molecule has 114 valence electrons. The summed E-state index contributed by atoms with van der Waals surface area (Å²) >= 11 is 0. The first-order chi connectivity index (χ1) is 8.44. The number of carboxylic acids is 1. The predicted molar refractivity (Wildman–Crippen MR) is 66.6 cm³/mol. The molecule has 0 spiro atoms. The van der Waals surface area contributed by atoms with Crippen molar-refractivity contribution in [1.29, 1.82) is 0 Å². The lowest BCUT2D eigenvalue weighted by molar-refractivity contribution is -0.137. The standard InChI is InChI=1S/C8H19NO8P2/c1-2-7(3-4-8(10)11)9(5-18(12,13)14)6-19(15,16)17/h7H,2-6H2,1H3,(H,10,11)(H2,12,13,14)(H2,15,16,17). The largest absolute Gasteiger partial charge is 0.481 e. The molecule has 0 bridgehead atoms. The van der Waals surface area contributed by atoms with E-state index in [1.54, 1.807) is 6.92 Å². The van der Waals surface area contributed by atoms with Crippen molar-refractivity contribution in [3.8, 4) is 0 Å². The fraction of sp³-hybridized carbons (Fsp3) is 0.875. The lowest BCUT2D eigenvalue weighted by Gasteiger charge is -2.30. The van der Waals surface area contributed by atoms with Crippen LogP contribution in [-0.2, 0) is 13.9 Å². The number of carboxylic acid groups (broad SMARTS) is 1. The number of carbonyl (C=O) groups is 1. The van der Waals surface area contributed by atoms with E-state index in [2.05, 4.69) is 0 Å². The third kappa shape index (κ3) is 10.2. The van der Waals surface area contributed by atoms with Crippen molar-refractivity contribution in [3.05, 3.63) is 0 Å². The lowest BCUT2D eigenvalue weighted by Crippen LogP contribution is -2.36. The van der Waals surface area contributed by atoms with Crippen molar-refractivity contribution < 1.29 is 38.6 Å². The molecule has 0 rings (SSSR count). The summed E-state index contributed by atoms with van der Waals surface area (Å²) in [5.41, 5.74) is 0. The molecule has 0 aliphatic heterocycles. The molecular weight excluding hydrogens is 300 g/mol. The van der Waals surface area contributed by atoms with Crippen LogP contribution in [0.25, 0.3) is 0 Å². The van der Waals surface area contributed by atoms with Gasteiger partial charge >= 0.3 is 21.2 Å². The smallest absolute Gasteiger partial charge is 0.339 e. The zero-order valence-electron chi connectivity index (χ0n) is 10.4. The molecule has 1 unspecified atom stereocenters. The maximum absolute atomic E-state index is 11.0. The molecular formula is C8H19NO8P2.